The first-order valence-electron chi connectivity index (χ1n) is 3.45. The highest BCUT2D eigenvalue weighted by molar-refractivity contribution is 4.79. The summed E-state index contributed by atoms with van der Waals surface area (Å²) in [4.78, 5) is 0. The zero-order chi connectivity index (χ0) is 8.43. The second-order valence-electron chi connectivity index (χ2n) is 2.62. The summed E-state index contributed by atoms with van der Waals surface area (Å²) in [7, 11) is 0. The zero-order valence-corrected chi connectivity index (χ0v) is 5.92. The number of aliphatic hydroxyl groups is 4. The van der Waals surface area contributed by atoms with Crippen LogP contribution < -0.4 is 0 Å². The molecule has 11 heavy (non-hydrogen) atoms. The maximum absolute atomic E-state index is 9.10. The van der Waals surface area contributed by atoms with E-state index in [1.165, 1.54) is 0 Å². The molecule has 1 fully saturated rings. The standard InChI is InChI=1S/C6H12O5/c7-2-5-3(8)1-4(9)6(10)11-5/h3-10H,1-2H2/t3?,4-,5?,6?/m0/s1. The van der Waals surface area contributed by atoms with E-state index in [9.17, 15) is 0 Å². The number of hydrogen-bond acceptors (Lipinski definition) is 5. The van der Waals surface area contributed by atoms with Crippen LogP contribution in [0.1, 0.15) is 6.42 Å². The summed E-state index contributed by atoms with van der Waals surface area (Å²) in [5.41, 5.74) is 0. The van der Waals surface area contributed by atoms with Gasteiger partial charge >= 0.3 is 0 Å². The zero-order valence-electron chi connectivity index (χ0n) is 5.92. The number of ether oxygens (including phenoxy) is 1. The van der Waals surface area contributed by atoms with Crippen molar-refractivity contribution < 1.29 is 25.2 Å². The highest BCUT2D eigenvalue weighted by Crippen LogP contribution is 2.18. The first-order valence-corrected chi connectivity index (χ1v) is 3.45. The summed E-state index contributed by atoms with van der Waals surface area (Å²) >= 11 is 0. The molecule has 1 aliphatic rings. The van der Waals surface area contributed by atoms with Crippen LogP contribution in [-0.2, 0) is 4.74 Å². The van der Waals surface area contributed by atoms with Gasteiger partial charge in [0.1, 0.15) is 12.2 Å². The van der Waals surface area contributed by atoms with Crippen molar-refractivity contribution >= 4 is 0 Å². The van der Waals surface area contributed by atoms with Gasteiger partial charge in [0.2, 0.25) is 0 Å². The predicted octanol–water partition coefficient (Wildman–Crippen LogP) is -2.19. The average Bonchev–Trinajstić information content (AvgIpc) is 1.97. The highest BCUT2D eigenvalue weighted by atomic mass is 16.6. The molecular formula is C6H12O5. The third-order valence-electron chi connectivity index (χ3n) is 1.74. The van der Waals surface area contributed by atoms with Gasteiger partial charge in [0.05, 0.1) is 12.7 Å². The molecule has 3 unspecified atom stereocenters. The van der Waals surface area contributed by atoms with E-state index in [0.717, 1.165) is 0 Å². The van der Waals surface area contributed by atoms with Crippen LogP contribution in [0.25, 0.3) is 0 Å². The van der Waals surface area contributed by atoms with E-state index >= 15 is 0 Å². The molecule has 66 valence electrons. The molecule has 4 N–H and O–H groups in total. The minimum absolute atomic E-state index is 0.0341. The largest absolute Gasteiger partial charge is 0.394 e. The first-order chi connectivity index (χ1) is 5.15. The van der Waals surface area contributed by atoms with Crippen LogP contribution in [0.2, 0.25) is 0 Å². The molecule has 4 atom stereocenters. The Morgan fingerprint density at radius 2 is 1.82 bits per heavy atom. The van der Waals surface area contributed by atoms with Gasteiger partial charge in [-0.2, -0.15) is 0 Å². The Labute approximate surface area is 63.8 Å². The van der Waals surface area contributed by atoms with Crippen molar-refractivity contribution in [3.8, 4) is 0 Å². The summed E-state index contributed by atoms with van der Waals surface area (Å²) < 4.78 is 4.67. The Bertz CT molecular complexity index is 128. The van der Waals surface area contributed by atoms with Gasteiger partial charge in [0.25, 0.3) is 0 Å². The lowest BCUT2D eigenvalue weighted by Crippen LogP contribution is -2.48. The van der Waals surface area contributed by atoms with Gasteiger partial charge in [-0.15, -0.1) is 0 Å². The summed E-state index contributed by atoms with van der Waals surface area (Å²) in [6.45, 7) is -0.356. The van der Waals surface area contributed by atoms with Crippen molar-refractivity contribution in [3.63, 3.8) is 0 Å². The van der Waals surface area contributed by atoms with E-state index < -0.39 is 24.6 Å². The van der Waals surface area contributed by atoms with E-state index in [4.69, 9.17) is 20.4 Å². The van der Waals surface area contributed by atoms with E-state index in [1.54, 1.807) is 0 Å². The van der Waals surface area contributed by atoms with Crippen LogP contribution in [0, 0.1) is 0 Å². The number of hydrogen-bond donors (Lipinski definition) is 4. The maximum Gasteiger partial charge on any atom is 0.181 e. The molecule has 5 heteroatoms. The predicted molar refractivity (Wildman–Crippen MR) is 34.6 cm³/mol. The van der Waals surface area contributed by atoms with Crippen molar-refractivity contribution in [3.05, 3.63) is 0 Å². The fourth-order valence-corrected chi connectivity index (χ4v) is 1.04. The average molecular weight is 164 g/mol. The summed E-state index contributed by atoms with van der Waals surface area (Å²) in [5, 5.41) is 35.5. The topological polar surface area (TPSA) is 90.2 Å². The molecule has 0 amide bonds. The molecule has 0 aromatic rings. The molecule has 0 aliphatic carbocycles. The van der Waals surface area contributed by atoms with Gasteiger partial charge in [0, 0.05) is 6.42 Å². The van der Waals surface area contributed by atoms with Crippen molar-refractivity contribution in [2.45, 2.75) is 31.0 Å². The molecule has 1 saturated heterocycles. The molecule has 0 aromatic carbocycles. The van der Waals surface area contributed by atoms with E-state index in [2.05, 4.69) is 4.74 Å². The van der Waals surface area contributed by atoms with E-state index in [1.807, 2.05) is 0 Å². The summed E-state index contributed by atoms with van der Waals surface area (Å²) in [5.74, 6) is 0. The van der Waals surface area contributed by atoms with Crippen LogP contribution in [0.4, 0.5) is 0 Å². The summed E-state index contributed by atoms with van der Waals surface area (Å²) in [6, 6.07) is 0. The monoisotopic (exact) mass is 164 g/mol. The van der Waals surface area contributed by atoms with Gasteiger partial charge in [-0.1, -0.05) is 0 Å². The molecule has 0 aromatic heterocycles. The fraction of sp³-hybridized carbons (Fsp3) is 1.00. The third-order valence-corrected chi connectivity index (χ3v) is 1.74. The Kier molecular flexibility index (Phi) is 2.80. The lowest BCUT2D eigenvalue weighted by molar-refractivity contribution is -0.251. The van der Waals surface area contributed by atoms with Gasteiger partial charge in [0.15, 0.2) is 6.29 Å². The summed E-state index contributed by atoms with van der Waals surface area (Å²) in [6.07, 6.45) is -4.01. The lowest BCUT2D eigenvalue weighted by atomic mass is 10.0. The van der Waals surface area contributed by atoms with Crippen molar-refractivity contribution in [1.82, 2.24) is 0 Å². The Balaban J connectivity index is 2.48. The van der Waals surface area contributed by atoms with Gasteiger partial charge in [-0.25, -0.2) is 0 Å². The smallest absolute Gasteiger partial charge is 0.181 e. The molecule has 0 radical (unpaired) electrons. The van der Waals surface area contributed by atoms with E-state index in [0.29, 0.717) is 0 Å². The minimum Gasteiger partial charge on any atom is -0.394 e. The molecular weight excluding hydrogens is 152 g/mol. The third kappa shape index (κ3) is 1.88. The van der Waals surface area contributed by atoms with Crippen LogP contribution in [0.3, 0.4) is 0 Å². The second kappa shape index (κ2) is 3.46. The molecule has 0 saturated carbocycles. The highest BCUT2D eigenvalue weighted by Gasteiger charge is 2.34. The quantitative estimate of drug-likeness (QED) is 0.353. The molecule has 1 aliphatic heterocycles. The molecule has 0 bridgehead atoms. The second-order valence-corrected chi connectivity index (χ2v) is 2.62. The molecule has 5 nitrogen and oxygen atoms in total. The van der Waals surface area contributed by atoms with E-state index in [-0.39, 0.29) is 13.0 Å². The Morgan fingerprint density at radius 3 is 2.36 bits per heavy atom. The van der Waals surface area contributed by atoms with Crippen molar-refractivity contribution in [1.29, 1.82) is 0 Å². The maximum atomic E-state index is 9.10. The normalized spacial score (nSPS) is 45.8. The molecule has 1 heterocycles. The number of aliphatic hydroxyl groups excluding tert-OH is 4. The van der Waals surface area contributed by atoms with Crippen LogP contribution >= 0.6 is 0 Å². The van der Waals surface area contributed by atoms with Gasteiger partial charge in [-0.05, 0) is 0 Å². The van der Waals surface area contributed by atoms with Gasteiger partial charge < -0.3 is 25.2 Å². The molecule has 1 rings (SSSR count). The van der Waals surface area contributed by atoms with Gasteiger partial charge in [-0.3, -0.25) is 0 Å². The first kappa shape index (κ1) is 8.89. The SMILES string of the molecule is OCC1OC(O)[C@@H](O)CC1O. The number of rotatable bonds is 1. The fourth-order valence-electron chi connectivity index (χ4n) is 1.04. The van der Waals surface area contributed by atoms with Crippen LogP contribution in [-0.4, -0.2) is 51.6 Å². The van der Waals surface area contributed by atoms with Crippen molar-refractivity contribution in [2.24, 2.45) is 0 Å². The Morgan fingerprint density at radius 1 is 1.18 bits per heavy atom. The Hall–Kier alpha value is -0.200. The van der Waals surface area contributed by atoms with Crippen LogP contribution in [0.15, 0.2) is 0 Å². The van der Waals surface area contributed by atoms with Crippen LogP contribution in [0.5, 0.6) is 0 Å². The molecule has 0 spiro atoms. The lowest BCUT2D eigenvalue weighted by Gasteiger charge is -2.33. The minimum atomic E-state index is -1.30. The van der Waals surface area contributed by atoms with Crippen molar-refractivity contribution in [2.75, 3.05) is 6.61 Å².